The molecule has 2 rings (SSSR count). The molecule has 0 amide bonds. The molecule has 2 heterocycles. The molecule has 0 aliphatic rings. The van der Waals surface area contributed by atoms with Gasteiger partial charge in [-0.1, -0.05) is 6.92 Å². The Balaban J connectivity index is 1.92. The van der Waals surface area contributed by atoms with Crippen molar-refractivity contribution in [3.05, 3.63) is 30.1 Å². The first-order chi connectivity index (χ1) is 8.20. The van der Waals surface area contributed by atoms with Crippen LogP contribution in [0.5, 0.6) is 0 Å². The van der Waals surface area contributed by atoms with Crippen molar-refractivity contribution in [3.8, 4) is 0 Å². The van der Waals surface area contributed by atoms with Gasteiger partial charge in [0.1, 0.15) is 5.82 Å². The molecule has 0 aliphatic carbocycles. The minimum absolute atomic E-state index is 0.885. The first-order valence-electron chi connectivity index (χ1n) is 5.95. The first kappa shape index (κ1) is 11.7. The van der Waals surface area contributed by atoms with Crippen molar-refractivity contribution < 1.29 is 0 Å². The highest BCUT2D eigenvalue weighted by Crippen LogP contribution is 2.13. The summed E-state index contributed by atoms with van der Waals surface area (Å²) in [6, 6.07) is 0. The van der Waals surface area contributed by atoms with Gasteiger partial charge in [-0.05, 0) is 13.3 Å². The van der Waals surface area contributed by atoms with Crippen LogP contribution in [0.2, 0.25) is 0 Å². The van der Waals surface area contributed by atoms with E-state index >= 15 is 0 Å². The molecule has 1 N–H and O–H groups in total. The minimum atomic E-state index is 0.885. The van der Waals surface area contributed by atoms with Crippen LogP contribution in [-0.4, -0.2) is 25.9 Å². The van der Waals surface area contributed by atoms with E-state index in [1.807, 2.05) is 37.2 Å². The molecule has 0 radical (unpaired) electrons. The van der Waals surface area contributed by atoms with E-state index in [4.69, 9.17) is 0 Å². The lowest BCUT2D eigenvalue weighted by Crippen LogP contribution is -2.11. The molecule has 5 nitrogen and oxygen atoms in total. The van der Waals surface area contributed by atoms with Gasteiger partial charge in [0.05, 0.1) is 11.4 Å². The highest BCUT2D eigenvalue weighted by Gasteiger charge is 2.04. The fraction of sp³-hybridized carbons (Fsp3) is 0.500. The van der Waals surface area contributed by atoms with Crippen molar-refractivity contribution in [2.45, 2.75) is 26.8 Å². The molecule has 17 heavy (non-hydrogen) atoms. The lowest BCUT2D eigenvalue weighted by Gasteiger charge is -2.07. The molecule has 0 spiro atoms. The molecule has 0 bridgehead atoms. The second-order valence-corrected chi connectivity index (χ2v) is 4.11. The standard InChI is InChI=1S/C12H19N5/c1-4-11-12(9-16(3)15-11)14-6-8-17-7-5-13-10(17)2/h5,7,9,14H,4,6,8H2,1-3H3. The summed E-state index contributed by atoms with van der Waals surface area (Å²) in [4.78, 5) is 4.20. The Morgan fingerprint density at radius 1 is 1.41 bits per heavy atom. The summed E-state index contributed by atoms with van der Waals surface area (Å²) in [6.45, 7) is 5.94. The maximum absolute atomic E-state index is 4.40. The molecule has 0 atom stereocenters. The topological polar surface area (TPSA) is 47.7 Å². The smallest absolute Gasteiger partial charge is 0.105 e. The molecule has 92 valence electrons. The number of anilines is 1. The van der Waals surface area contributed by atoms with E-state index in [0.717, 1.165) is 36.7 Å². The number of nitrogens with zero attached hydrogens (tertiary/aromatic N) is 4. The molecule has 0 saturated heterocycles. The number of aryl methyl sites for hydroxylation is 3. The summed E-state index contributed by atoms with van der Waals surface area (Å²) < 4.78 is 3.98. The van der Waals surface area contributed by atoms with Crippen molar-refractivity contribution in [3.63, 3.8) is 0 Å². The molecule has 0 aromatic carbocycles. The number of rotatable bonds is 5. The van der Waals surface area contributed by atoms with Gasteiger partial charge in [-0.15, -0.1) is 0 Å². The van der Waals surface area contributed by atoms with E-state index in [9.17, 15) is 0 Å². The summed E-state index contributed by atoms with van der Waals surface area (Å²) in [5.74, 6) is 1.05. The zero-order valence-corrected chi connectivity index (χ0v) is 10.6. The van der Waals surface area contributed by atoms with Crippen LogP contribution >= 0.6 is 0 Å². The molecule has 2 aromatic heterocycles. The monoisotopic (exact) mass is 233 g/mol. The summed E-state index contributed by atoms with van der Waals surface area (Å²) in [5.41, 5.74) is 2.25. The van der Waals surface area contributed by atoms with Crippen LogP contribution in [0, 0.1) is 6.92 Å². The van der Waals surface area contributed by atoms with Crippen LogP contribution in [0.15, 0.2) is 18.6 Å². The maximum Gasteiger partial charge on any atom is 0.105 e. The Bertz CT molecular complexity index is 483. The second-order valence-electron chi connectivity index (χ2n) is 4.11. The number of imidazole rings is 1. The maximum atomic E-state index is 4.40. The van der Waals surface area contributed by atoms with Crippen LogP contribution in [0.1, 0.15) is 18.4 Å². The highest BCUT2D eigenvalue weighted by molar-refractivity contribution is 5.46. The number of aromatic nitrogens is 4. The molecular formula is C12H19N5. The van der Waals surface area contributed by atoms with Gasteiger partial charge < -0.3 is 9.88 Å². The number of nitrogens with one attached hydrogen (secondary N) is 1. The Kier molecular flexibility index (Phi) is 3.46. The summed E-state index contributed by atoms with van der Waals surface area (Å²) in [6.07, 6.45) is 6.81. The zero-order chi connectivity index (χ0) is 12.3. The van der Waals surface area contributed by atoms with Crippen molar-refractivity contribution in [1.82, 2.24) is 19.3 Å². The molecule has 0 saturated carbocycles. The minimum Gasteiger partial charge on any atom is -0.380 e. The molecular weight excluding hydrogens is 214 g/mol. The van der Waals surface area contributed by atoms with Crippen LogP contribution in [-0.2, 0) is 20.0 Å². The summed E-state index contributed by atoms with van der Waals surface area (Å²) in [5, 5.41) is 7.82. The van der Waals surface area contributed by atoms with Gasteiger partial charge >= 0.3 is 0 Å². The highest BCUT2D eigenvalue weighted by atomic mass is 15.3. The van der Waals surface area contributed by atoms with Gasteiger partial charge in [-0.2, -0.15) is 5.10 Å². The summed E-state index contributed by atoms with van der Waals surface area (Å²) >= 11 is 0. The lowest BCUT2D eigenvalue weighted by atomic mass is 10.3. The third kappa shape index (κ3) is 2.67. The molecule has 0 unspecified atom stereocenters. The van der Waals surface area contributed by atoms with Crippen molar-refractivity contribution >= 4 is 5.69 Å². The first-order valence-corrected chi connectivity index (χ1v) is 5.95. The molecule has 5 heteroatoms. The second kappa shape index (κ2) is 5.03. The van der Waals surface area contributed by atoms with Gasteiger partial charge in [0.15, 0.2) is 0 Å². The zero-order valence-electron chi connectivity index (χ0n) is 10.6. The SMILES string of the molecule is CCc1nn(C)cc1NCCn1ccnc1C. The van der Waals surface area contributed by atoms with E-state index in [0.29, 0.717) is 0 Å². The largest absolute Gasteiger partial charge is 0.380 e. The molecule has 0 fully saturated rings. The van der Waals surface area contributed by atoms with Crippen molar-refractivity contribution in [2.24, 2.45) is 7.05 Å². The fourth-order valence-corrected chi connectivity index (χ4v) is 1.89. The normalized spacial score (nSPS) is 10.8. The van der Waals surface area contributed by atoms with Gasteiger partial charge in [0.2, 0.25) is 0 Å². The quantitative estimate of drug-likeness (QED) is 0.853. The third-order valence-electron chi connectivity index (χ3n) is 2.83. The van der Waals surface area contributed by atoms with Gasteiger partial charge in [-0.25, -0.2) is 4.98 Å². The van der Waals surface area contributed by atoms with Crippen molar-refractivity contribution in [2.75, 3.05) is 11.9 Å². The predicted molar refractivity (Wildman–Crippen MR) is 68.0 cm³/mol. The molecule has 0 aliphatic heterocycles. The lowest BCUT2D eigenvalue weighted by molar-refractivity contribution is 0.700. The van der Waals surface area contributed by atoms with Gasteiger partial charge in [0, 0.05) is 38.7 Å². The van der Waals surface area contributed by atoms with Crippen LogP contribution in [0.25, 0.3) is 0 Å². The predicted octanol–water partition coefficient (Wildman–Crippen LogP) is 1.60. The fourth-order valence-electron chi connectivity index (χ4n) is 1.89. The van der Waals surface area contributed by atoms with Gasteiger partial charge in [0.25, 0.3) is 0 Å². The van der Waals surface area contributed by atoms with E-state index in [1.54, 1.807) is 0 Å². The summed E-state index contributed by atoms with van der Waals surface area (Å²) in [7, 11) is 1.95. The Morgan fingerprint density at radius 3 is 2.88 bits per heavy atom. The van der Waals surface area contributed by atoms with E-state index in [2.05, 4.69) is 26.9 Å². The van der Waals surface area contributed by atoms with E-state index < -0.39 is 0 Å². The van der Waals surface area contributed by atoms with Crippen LogP contribution in [0.3, 0.4) is 0 Å². The number of hydrogen-bond acceptors (Lipinski definition) is 3. The average Bonchev–Trinajstić information content (AvgIpc) is 2.86. The molecule has 2 aromatic rings. The van der Waals surface area contributed by atoms with Gasteiger partial charge in [-0.3, -0.25) is 4.68 Å². The Morgan fingerprint density at radius 2 is 2.24 bits per heavy atom. The van der Waals surface area contributed by atoms with E-state index in [1.165, 1.54) is 0 Å². The number of hydrogen-bond donors (Lipinski definition) is 1. The Hall–Kier alpha value is -1.78. The Labute approximate surface area is 101 Å². The average molecular weight is 233 g/mol. The van der Waals surface area contributed by atoms with Crippen LogP contribution < -0.4 is 5.32 Å². The van der Waals surface area contributed by atoms with E-state index in [-0.39, 0.29) is 0 Å². The van der Waals surface area contributed by atoms with Crippen molar-refractivity contribution in [1.29, 1.82) is 0 Å². The third-order valence-corrected chi connectivity index (χ3v) is 2.83. The van der Waals surface area contributed by atoms with Crippen LogP contribution in [0.4, 0.5) is 5.69 Å².